The van der Waals surface area contributed by atoms with E-state index in [-0.39, 0.29) is 10.9 Å². The van der Waals surface area contributed by atoms with Gasteiger partial charge in [-0.1, -0.05) is 11.6 Å². The van der Waals surface area contributed by atoms with Crippen molar-refractivity contribution < 1.29 is 34.4 Å². The third kappa shape index (κ3) is 2.98. The van der Waals surface area contributed by atoms with E-state index in [2.05, 4.69) is 4.98 Å². The molecule has 2 rings (SSSR count). The standard InChI is InChI=1S/C17H20ClNO7S/c1-8-5-6-19-13(18)12(8)26-14-16(24,10(3)21)17(25,11(4)22)15(23,7-27-14)9(2)20/h5-6,14,23-25H,7H2,1-4H3/t14-,15-,16-,17-/m0/s1. The van der Waals surface area contributed by atoms with Gasteiger partial charge in [0, 0.05) is 11.9 Å². The summed E-state index contributed by atoms with van der Waals surface area (Å²) in [5, 5.41) is 33.0. The predicted molar refractivity (Wildman–Crippen MR) is 97.8 cm³/mol. The number of aromatic nitrogens is 1. The number of Topliss-reactive ketones (excluding diaryl/α,β-unsaturated/α-hetero) is 3. The van der Waals surface area contributed by atoms with Gasteiger partial charge >= 0.3 is 0 Å². The highest BCUT2D eigenvalue weighted by Gasteiger charge is 2.75. The first-order valence-corrected chi connectivity index (χ1v) is 9.36. The number of pyridine rings is 1. The van der Waals surface area contributed by atoms with Crippen LogP contribution in [-0.2, 0) is 14.4 Å². The zero-order chi connectivity index (χ0) is 20.8. The number of aliphatic hydroxyl groups is 3. The minimum atomic E-state index is -3.11. The molecule has 1 fully saturated rings. The second kappa shape index (κ2) is 7.14. The second-order valence-electron chi connectivity index (χ2n) is 6.51. The molecule has 10 heteroatoms. The average molecular weight is 418 g/mol. The van der Waals surface area contributed by atoms with Gasteiger partial charge in [-0.3, -0.25) is 14.4 Å². The summed E-state index contributed by atoms with van der Waals surface area (Å²) < 4.78 is 5.68. The zero-order valence-electron chi connectivity index (χ0n) is 15.1. The maximum absolute atomic E-state index is 12.4. The summed E-state index contributed by atoms with van der Waals surface area (Å²) in [6, 6.07) is 1.57. The Morgan fingerprint density at radius 2 is 1.78 bits per heavy atom. The Morgan fingerprint density at radius 1 is 1.19 bits per heavy atom. The Balaban J connectivity index is 2.67. The fraction of sp³-hybridized carbons (Fsp3) is 0.529. The summed E-state index contributed by atoms with van der Waals surface area (Å²) in [6.45, 7) is 4.40. The van der Waals surface area contributed by atoms with Crippen molar-refractivity contribution in [2.45, 2.75) is 49.9 Å². The van der Waals surface area contributed by atoms with Crippen LogP contribution in [0.2, 0.25) is 5.15 Å². The average Bonchev–Trinajstić information content (AvgIpc) is 2.57. The number of hydrogen-bond acceptors (Lipinski definition) is 9. The fourth-order valence-electron chi connectivity index (χ4n) is 3.12. The lowest BCUT2D eigenvalue weighted by molar-refractivity contribution is -0.236. The van der Waals surface area contributed by atoms with Crippen molar-refractivity contribution in [1.82, 2.24) is 4.98 Å². The van der Waals surface area contributed by atoms with Crippen molar-refractivity contribution in [3.05, 3.63) is 23.0 Å². The summed E-state index contributed by atoms with van der Waals surface area (Å²) >= 11 is 6.72. The van der Waals surface area contributed by atoms with E-state index in [1.807, 2.05) is 0 Å². The fourth-order valence-corrected chi connectivity index (χ4v) is 4.92. The number of thioether (sulfide) groups is 1. The highest BCUT2D eigenvalue weighted by Crippen LogP contribution is 2.49. The van der Waals surface area contributed by atoms with Gasteiger partial charge in [0.2, 0.25) is 5.60 Å². The number of nitrogens with zero attached hydrogens (tertiary/aromatic N) is 1. The molecule has 1 aromatic heterocycles. The van der Waals surface area contributed by atoms with Crippen LogP contribution >= 0.6 is 23.4 Å². The first-order valence-electron chi connectivity index (χ1n) is 7.93. The third-order valence-corrected chi connectivity index (χ3v) is 6.44. The quantitative estimate of drug-likeness (QED) is 0.584. The van der Waals surface area contributed by atoms with E-state index < -0.39 is 45.3 Å². The van der Waals surface area contributed by atoms with Crippen LogP contribution in [0.5, 0.6) is 5.75 Å². The number of carbonyl (C=O) groups excluding carboxylic acids is 3. The molecule has 1 aromatic rings. The molecule has 0 spiro atoms. The van der Waals surface area contributed by atoms with E-state index in [4.69, 9.17) is 16.3 Å². The highest BCUT2D eigenvalue weighted by atomic mass is 35.5. The van der Waals surface area contributed by atoms with Crippen LogP contribution in [0.4, 0.5) is 0 Å². The Kier molecular flexibility index (Phi) is 5.76. The Bertz CT molecular complexity index is 798. The Labute approximate surface area is 164 Å². The van der Waals surface area contributed by atoms with E-state index in [0.717, 1.165) is 20.8 Å². The van der Waals surface area contributed by atoms with Crippen molar-refractivity contribution in [2.24, 2.45) is 0 Å². The molecule has 148 valence electrons. The summed E-state index contributed by atoms with van der Waals surface area (Å²) in [7, 11) is 0. The van der Waals surface area contributed by atoms with E-state index in [0.29, 0.717) is 17.3 Å². The van der Waals surface area contributed by atoms with Gasteiger partial charge in [-0.25, -0.2) is 4.98 Å². The number of carbonyl (C=O) groups is 3. The molecule has 0 amide bonds. The molecule has 27 heavy (non-hydrogen) atoms. The van der Waals surface area contributed by atoms with Crippen LogP contribution in [0, 0.1) is 6.92 Å². The van der Waals surface area contributed by atoms with Crippen molar-refractivity contribution in [3.8, 4) is 5.75 Å². The SMILES string of the molecule is CC(=O)[C@]1(O)[C@@](O)(C(C)=O)CS[C@H](Oc2c(C)ccnc2Cl)[C@@]1(O)C(C)=O. The largest absolute Gasteiger partial charge is 0.473 e. The summed E-state index contributed by atoms with van der Waals surface area (Å²) in [6.07, 6.45) is 1.43. The minimum absolute atomic E-state index is 0.0375. The van der Waals surface area contributed by atoms with E-state index >= 15 is 0 Å². The van der Waals surface area contributed by atoms with Crippen molar-refractivity contribution >= 4 is 40.7 Å². The van der Waals surface area contributed by atoms with Gasteiger partial charge in [-0.15, -0.1) is 11.8 Å². The molecule has 1 saturated heterocycles. The number of rotatable bonds is 5. The van der Waals surface area contributed by atoms with Gasteiger partial charge in [0.15, 0.2) is 44.9 Å². The monoisotopic (exact) mass is 417 g/mol. The molecular weight excluding hydrogens is 398 g/mol. The molecule has 0 unspecified atom stereocenters. The first kappa shape index (κ1) is 21.8. The van der Waals surface area contributed by atoms with E-state index in [9.17, 15) is 29.7 Å². The van der Waals surface area contributed by atoms with Gasteiger partial charge in [0.1, 0.15) is 0 Å². The van der Waals surface area contributed by atoms with Crippen molar-refractivity contribution in [3.63, 3.8) is 0 Å². The van der Waals surface area contributed by atoms with Crippen LogP contribution < -0.4 is 4.74 Å². The molecule has 2 heterocycles. The van der Waals surface area contributed by atoms with Crippen LogP contribution in [0.15, 0.2) is 12.3 Å². The molecule has 0 aromatic carbocycles. The Hall–Kier alpha value is -1.52. The lowest BCUT2D eigenvalue weighted by Crippen LogP contribution is -2.82. The van der Waals surface area contributed by atoms with Crippen molar-refractivity contribution in [1.29, 1.82) is 0 Å². The molecule has 1 aliphatic rings. The molecule has 1 aliphatic heterocycles. The molecule has 4 atom stereocenters. The zero-order valence-corrected chi connectivity index (χ0v) is 16.7. The number of halogens is 1. The highest BCUT2D eigenvalue weighted by molar-refractivity contribution is 8.00. The van der Waals surface area contributed by atoms with E-state index in [1.165, 1.54) is 6.20 Å². The second-order valence-corrected chi connectivity index (χ2v) is 7.92. The predicted octanol–water partition coefficient (Wildman–Crippen LogP) is 0.455. The molecule has 0 aliphatic carbocycles. The normalized spacial score (nSPS) is 33.4. The molecule has 0 saturated carbocycles. The molecule has 0 bridgehead atoms. The number of ether oxygens (including phenoxy) is 1. The molecular formula is C17H20ClNO7S. The molecule has 0 radical (unpaired) electrons. The van der Waals surface area contributed by atoms with Crippen LogP contribution in [0.1, 0.15) is 26.3 Å². The lowest BCUT2D eigenvalue weighted by atomic mass is 9.65. The van der Waals surface area contributed by atoms with E-state index in [1.54, 1.807) is 13.0 Å². The van der Waals surface area contributed by atoms with Crippen LogP contribution in [0.3, 0.4) is 0 Å². The lowest BCUT2D eigenvalue weighted by Gasteiger charge is -2.54. The maximum atomic E-state index is 12.4. The minimum Gasteiger partial charge on any atom is -0.473 e. The van der Waals surface area contributed by atoms with Crippen molar-refractivity contribution in [2.75, 3.05) is 5.75 Å². The Morgan fingerprint density at radius 3 is 2.22 bits per heavy atom. The van der Waals surface area contributed by atoms with Gasteiger partial charge in [0.05, 0.1) is 0 Å². The first-order chi connectivity index (χ1) is 12.3. The number of ketones is 3. The summed E-state index contributed by atoms with van der Waals surface area (Å²) in [4.78, 5) is 40.6. The number of hydrogen-bond donors (Lipinski definition) is 3. The number of aryl methyl sites for hydroxylation is 1. The smallest absolute Gasteiger partial charge is 0.208 e. The van der Waals surface area contributed by atoms with Crippen LogP contribution in [-0.4, -0.2) is 65.6 Å². The van der Waals surface area contributed by atoms with Gasteiger partial charge in [0.25, 0.3) is 0 Å². The van der Waals surface area contributed by atoms with Gasteiger partial charge in [-0.2, -0.15) is 0 Å². The van der Waals surface area contributed by atoms with Gasteiger partial charge in [-0.05, 0) is 39.3 Å². The molecule has 8 nitrogen and oxygen atoms in total. The summed E-state index contributed by atoms with van der Waals surface area (Å²) in [5.74, 6) is -3.64. The third-order valence-electron chi connectivity index (χ3n) is 4.85. The maximum Gasteiger partial charge on any atom is 0.208 e. The summed E-state index contributed by atoms with van der Waals surface area (Å²) in [5.41, 5.74) is -9.73. The van der Waals surface area contributed by atoms with Gasteiger partial charge < -0.3 is 20.1 Å². The van der Waals surface area contributed by atoms with Crippen LogP contribution in [0.25, 0.3) is 0 Å². The molecule has 3 N–H and O–H groups in total. The topological polar surface area (TPSA) is 134 Å².